The molecular weight excluding hydrogens is 247 g/mol. The van der Waals surface area contributed by atoms with Crippen molar-refractivity contribution < 1.29 is 12.8 Å². The molecule has 0 saturated carbocycles. The highest BCUT2D eigenvalue weighted by Crippen LogP contribution is 2.24. The number of nitrogen functional groups attached to an aromatic ring is 1. The number of halogens is 1. The van der Waals surface area contributed by atoms with E-state index in [4.69, 9.17) is 5.73 Å². The van der Waals surface area contributed by atoms with E-state index in [2.05, 4.69) is 14.9 Å². The number of benzene rings is 1. The number of H-pyrrole nitrogens is 1. The molecule has 0 spiro atoms. The first-order valence-corrected chi connectivity index (χ1v) is 6.04. The molecule has 0 atom stereocenters. The monoisotopic (exact) mass is 256 g/mol. The number of hydrogen-bond donors (Lipinski definition) is 3. The number of anilines is 2. The molecule has 1 aromatic heterocycles. The van der Waals surface area contributed by atoms with Gasteiger partial charge in [-0.25, -0.2) is 12.8 Å². The number of sulfonamides is 1. The highest BCUT2D eigenvalue weighted by molar-refractivity contribution is 7.92. The van der Waals surface area contributed by atoms with Gasteiger partial charge >= 0.3 is 0 Å². The van der Waals surface area contributed by atoms with E-state index in [1.165, 1.54) is 18.3 Å². The second-order valence-corrected chi connectivity index (χ2v) is 4.93. The average Bonchev–Trinajstić information content (AvgIpc) is 2.77. The van der Waals surface area contributed by atoms with Gasteiger partial charge in [0.2, 0.25) is 0 Å². The Kier molecular flexibility index (Phi) is 2.72. The second-order valence-electron chi connectivity index (χ2n) is 3.24. The minimum absolute atomic E-state index is 0.0112. The number of nitrogens with one attached hydrogen (secondary N) is 2. The highest BCUT2D eigenvalue weighted by Gasteiger charge is 2.18. The Morgan fingerprint density at radius 1 is 1.41 bits per heavy atom. The zero-order valence-electron chi connectivity index (χ0n) is 8.51. The first kappa shape index (κ1) is 11.4. The van der Waals surface area contributed by atoms with E-state index < -0.39 is 15.8 Å². The third-order valence-electron chi connectivity index (χ3n) is 2.07. The summed E-state index contributed by atoms with van der Waals surface area (Å²) >= 11 is 0. The molecule has 17 heavy (non-hydrogen) atoms. The first-order chi connectivity index (χ1) is 8.00. The Hall–Kier alpha value is -2.09. The quantitative estimate of drug-likeness (QED) is 0.711. The number of nitrogens with two attached hydrogens (primary N) is 1. The molecule has 1 aromatic carbocycles. The van der Waals surface area contributed by atoms with E-state index in [9.17, 15) is 12.8 Å². The van der Waals surface area contributed by atoms with Crippen LogP contribution in [0.15, 0.2) is 35.5 Å². The van der Waals surface area contributed by atoms with Gasteiger partial charge in [0.25, 0.3) is 10.0 Å². The smallest absolute Gasteiger partial charge is 0.265 e. The number of para-hydroxylation sites is 1. The van der Waals surface area contributed by atoms with Gasteiger partial charge in [-0.2, -0.15) is 5.10 Å². The lowest BCUT2D eigenvalue weighted by Crippen LogP contribution is -2.14. The average molecular weight is 256 g/mol. The summed E-state index contributed by atoms with van der Waals surface area (Å²) in [6.45, 7) is 0. The normalized spacial score (nSPS) is 11.4. The molecule has 2 aromatic rings. The number of nitrogens with zero attached hydrogens (tertiary/aromatic N) is 1. The van der Waals surface area contributed by atoms with Crippen LogP contribution in [-0.2, 0) is 10.0 Å². The predicted octanol–water partition coefficient (Wildman–Crippen LogP) is 0.932. The molecule has 0 aliphatic rings. The zero-order chi connectivity index (χ0) is 12.5. The van der Waals surface area contributed by atoms with Crippen molar-refractivity contribution in [2.45, 2.75) is 4.90 Å². The summed E-state index contributed by atoms with van der Waals surface area (Å²) < 4.78 is 39.0. The Morgan fingerprint density at radius 2 is 2.18 bits per heavy atom. The van der Waals surface area contributed by atoms with Crippen molar-refractivity contribution in [3.8, 4) is 0 Å². The summed E-state index contributed by atoms with van der Waals surface area (Å²) in [5, 5.41) is 5.86. The standard InChI is InChI=1S/C9H9FN4O2S/c10-7-2-1-3-8(11)9(7)14-17(15,16)6-4-12-13-5-6/h1-5,14H,11H2,(H,12,13). The Labute approximate surface area is 96.7 Å². The lowest BCUT2D eigenvalue weighted by atomic mass is 10.3. The number of aromatic nitrogens is 2. The van der Waals surface area contributed by atoms with Gasteiger partial charge in [0.15, 0.2) is 0 Å². The van der Waals surface area contributed by atoms with Gasteiger partial charge < -0.3 is 5.73 Å². The van der Waals surface area contributed by atoms with Gasteiger partial charge in [0.05, 0.1) is 11.9 Å². The maximum Gasteiger partial charge on any atom is 0.265 e. The summed E-state index contributed by atoms with van der Waals surface area (Å²) in [6, 6.07) is 3.90. The van der Waals surface area contributed by atoms with E-state index in [1.54, 1.807) is 0 Å². The first-order valence-electron chi connectivity index (χ1n) is 4.56. The van der Waals surface area contributed by atoms with Crippen LogP contribution in [-0.4, -0.2) is 18.6 Å². The molecule has 0 fully saturated rings. The van der Waals surface area contributed by atoms with Crippen molar-refractivity contribution in [2.24, 2.45) is 0 Å². The fraction of sp³-hybridized carbons (Fsp3) is 0. The Bertz CT molecular complexity index is 604. The van der Waals surface area contributed by atoms with Crippen LogP contribution in [0.3, 0.4) is 0 Å². The van der Waals surface area contributed by atoms with Gasteiger partial charge in [-0.05, 0) is 12.1 Å². The minimum Gasteiger partial charge on any atom is -0.397 e. The van der Waals surface area contributed by atoms with Crippen molar-refractivity contribution in [2.75, 3.05) is 10.5 Å². The summed E-state index contributed by atoms with van der Waals surface area (Å²) in [5.41, 5.74) is 5.23. The van der Waals surface area contributed by atoms with E-state index in [1.807, 2.05) is 0 Å². The zero-order valence-corrected chi connectivity index (χ0v) is 9.33. The van der Waals surface area contributed by atoms with E-state index in [0.29, 0.717) is 0 Å². The molecule has 0 bridgehead atoms. The van der Waals surface area contributed by atoms with Crippen LogP contribution >= 0.6 is 0 Å². The number of aromatic amines is 1. The molecule has 0 saturated heterocycles. The lowest BCUT2D eigenvalue weighted by Gasteiger charge is -2.09. The third kappa shape index (κ3) is 2.21. The van der Waals surface area contributed by atoms with Crippen molar-refractivity contribution in [1.29, 1.82) is 0 Å². The summed E-state index contributed by atoms with van der Waals surface area (Å²) in [7, 11) is -3.88. The summed E-state index contributed by atoms with van der Waals surface area (Å²) in [6.07, 6.45) is 2.29. The third-order valence-corrected chi connectivity index (χ3v) is 3.38. The molecule has 4 N–H and O–H groups in total. The molecule has 0 aliphatic carbocycles. The molecular formula is C9H9FN4O2S. The predicted molar refractivity (Wildman–Crippen MR) is 60.2 cm³/mol. The number of hydrogen-bond acceptors (Lipinski definition) is 4. The van der Waals surface area contributed by atoms with Crippen LogP contribution in [0.1, 0.15) is 0 Å². The number of rotatable bonds is 3. The lowest BCUT2D eigenvalue weighted by molar-refractivity contribution is 0.598. The molecule has 6 nitrogen and oxygen atoms in total. The van der Waals surface area contributed by atoms with E-state index in [-0.39, 0.29) is 16.3 Å². The molecule has 0 radical (unpaired) electrons. The maximum atomic E-state index is 13.4. The Morgan fingerprint density at radius 3 is 2.76 bits per heavy atom. The molecule has 90 valence electrons. The van der Waals surface area contributed by atoms with Crippen LogP contribution < -0.4 is 10.5 Å². The second kappa shape index (κ2) is 4.06. The van der Waals surface area contributed by atoms with Gasteiger partial charge in [-0.3, -0.25) is 9.82 Å². The van der Waals surface area contributed by atoms with Crippen LogP contribution in [0.4, 0.5) is 15.8 Å². The van der Waals surface area contributed by atoms with Crippen LogP contribution in [0, 0.1) is 5.82 Å². The van der Waals surface area contributed by atoms with Crippen molar-refractivity contribution >= 4 is 21.4 Å². The summed E-state index contributed by atoms with van der Waals surface area (Å²) in [5.74, 6) is -0.739. The SMILES string of the molecule is Nc1cccc(F)c1NS(=O)(=O)c1cn[nH]c1. The molecule has 0 amide bonds. The summed E-state index contributed by atoms with van der Waals surface area (Å²) in [4.78, 5) is -0.0971. The minimum atomic E-state index is -3.88. The van der Waals surface area contributed by atoms with Gasteiger partial charge in [-0.1, -0.05) is 6.07 Å². The van der Waals surface area contributed by atoms with Crippen LogP contribution in [0.25, 0.3) is 0 Å². The van der Waals surface area contributed by atoms with E-state index in [0.717, 1.165) is 12.3 Å². The van der Waals surface area contributed by atoms with Crippen molar-refractivity contribution in [3.63, 3.8) is 0 Å². The van der Waals surface area contributed by atoms with Gasteiger partial charge in [0.1, 0.15) is 16.4 Å². The molecule has 0 aliphatic heterocycles. The molecule has 0 unspecified atom stereocenters. The van der Waals surface area contributed by atoms with Crippen molar-refractivity contribution in [3.05, 3.63) is 36.4 Å². The fourth-order valence-corrected chi connectivity index (χ4v) is 2.23. The van der Waals surface area contributed by atoms with Crippen molar-refractivity contribution in [1.82, 2.24) is 10.2 Å². The van der Waals surface area contributed by atoms with Gasteiger partial charge in [-0.15, -0.1) is 0 Å². The maximum absolute atomic E-state index is 13.4. The van der Waals surface area contributed by atoms with Crippen LogP contribution in [0.5, 0.6) is 0 Å². The molecule has 8 heteroatoms. The van der Waals surface area contributed by atoms with E-state index >= 15 is 0 Å². The largest absolute Gasteiger partial charge is 0.397 e. The molecule has 2 rings (SSSR count). The van der Waals surface area contributed by atoms with Crippen LogP contribution in [0.2, 0.25) is 0 Å². The van der Waals surface area contributed by atoms with Gasteiger partial charge in [0, 0.05) is 6.20 Å². The fourth-order valence-electron chi connectivity index (χ4n) is 1.23. The molecule has 1 heterocycles. The highest BCUT2D eigenvalue weighted by atomic mass is 32.2. The topological polar surface area (TPSA) is 101 Å². The Balaban J connectivity index is 2.40.